The monoisotopic (exact) mass is 366 g/mol. The van der Waals surface area contributed by atoms with E-state index in [1.807, 2.05) is 61.2 Å². The fourth-order valence-electron chi connectivity index (χ4n) is 3.42. The zero-order valence-electron chi connectivity index (χ0n) is 15.9. The predicted molar refractivity (Wildman–Crippen MR) is 106 cm³/mol. The van der Waals surface area contributed by atoms with Crippen molar-refractivity contribution in [2.45, 2.75) is 39.2 Å². The first-order valence-electron chi connectivity index (χ1n) is 9.35. The molecule has 0 saturated carbocycles. The molecule has 5 nitrogen and oxygen atoms in total. The van der Waals surface area contributed by atoms with Gasteiger partial charge in [0.25, 0.3) is 5.91 Å². The van der Waals surface area contributed by atoms with Gasteiger partial charge in [-0.25, -0.2) is 0 Å². The zero-order valence-corrected chi connectivity index (χ0v) is 15.9. The maximum atomic E-state index is 12.4. The van der Waals surface area contributed by atoms with E-state index in [0.29, 0.717) is 43.6 Å². The molecule has 2 aromatic carbocycles. The van der Waals surface area contributed by atoms with Gasteiger partial charge in [0, 0.05) is 24.3 Å². The van der Waals surface area contributed by atoms with Crippen molar-refractivity contribution >= 4 is 17.5 Å². The Labute approximate surface area is 160 Å². The maximum Gasteiger partial charge on any atom is 0.255 e. The molecule has 1 fully saturated rings. The van der Waals surface area contributed by atoms with E-state index in [-0.39, 0.29) is 17.9 Å². The number of benzene rings is 2. The number of piperidine rings is 1. The van der Waals surface area contributed by atoms with Crippen LogP contribution in [0.15, 0.2) is 42.5 Å². The van der Waals surface area contributed by atoms with E-state index in [2.05, 4.69) is 5.32 Å². The molecule has 1 heterocycles. The third-order valence-electron chi connectivity index (χ3n) is 4.87. The minimum atomic E-state index is -0.283. The van der Waals surface area contributed by atoms with Crippen molar-refractivity contribution in [1.29, 1.82) is 0 Å². The van der Waals surface area contributed by atoms with Crippen LogP contribution in [0.2, 0.25) is 0 Å². The molecule has 1 saturated heterocycles. The number of nitrogens with zero attached hydrogens (tertiary/aromatic N) is 1. The van der Waals surface area contributed by atoms with Crippen LogP contribution in [0.1, 0.15) is 39.9 Å². The summed E-state index contributed by atoms with van der Waals surface area (Å²) in [4.78, 5) is 26.6. The van der Waals surface area contributed by atoms with Crippen LogP contribution in [0.25, 0.3) is 0 Å². The minimum Gasteiger partial charge on any atom is -0.393 e. The molecule has 2 aromatic rings. The van der Waals surface area contributed by atoms with Gasteiger partial charge in [-0.1, -0.05) is 29.3 Å². The first kappa shape index (κ1) is 19.1. The van der Waals surface area contributed by atoms with Crippen LogP contribution in [0.4, 0.5) is 5.69 Å². The number of anilines is 1. The fraction of sp³-hybridized carbons (Fsp3) is 0.364. The van der Waals surface area contributed by atoms with Crippen molar-refractivity contribution in [1.82, 2.24) is 4.90 Å². The molecule has 0 spiro atoms. The molecule has 3 rings (SSSR count). The highest BCUT2D eigenvalue weighted by atomic mass is 16.3. The molecule has 5 heteroatoms. The molecule has 0 aliphatic carbocycles. The number of hydrogen-bond donors (Lipinski definition) is 2. The molecule has 0 bridgehead atoms. The molecule has 0 radical (unpaired) electrons. The van der Waals surface area contributed by atoms with Gasteiger partial charge in [-0.05, 0) is 56.5 Å². The van der Waals surface area contributed by atoms with Gasteiger partial charge < -0.3 is 15.3 Å². The molecule has 1 aliphatic rings. The number of carbonyl (C=O) groups excluding carboxylic acids is 2. The lowest BCUT2D eigenvalue weighted by Gasteiger charge is -2.29. The Bertz CT molecular complexity index is 802. The first-order valence-corrected chi connectivity index (χ1v) is 9.35. The number of carbonyl (C=O) groups is 2. The average molecular weight is 366 g/mol. The summed E-state index contributed by atoms with van der Waals surface area (Å²) < 4.78 is 0. The van der Waals surface area contributed by atoms with Gasteiger partial charge in [-0.15, -0.1) is 0 Å². The lowest BCUT2D eigenvalue weighted by atomic mass is 10.1. The number of hydrogen-bond acceptors (Lipinski definition) is 3. The molecular formula is C22H26N2O3. The number of aryl methyl sites for hydroxylation is 2. The van der Waals surface area contributed by atoms with E-state index in [1.54, 1.807) is 0 Å². The van der Waals surface area contributed by atoms with Crippen LogP contribution in [0, 0.1) is 13.8 Å². The van der Waals surface area contributed by atoms with Crippen LogP contribution in [-0.2, 0) is 11.2 Å². The van der Waals surface area contributed by atoms with Crippen molar-refractivity contribution in [2.75, 3.05) is 18.4 Å². The highest BCUT2D eigenvalue weighted by molar-refractivity contribution is 6.04. The van der Waals surface area contributed by atoms with Gasteiger partial charge in [-0.3, -0.25) is 9.59 Å². The normalized spacial score (nSPS) is 14.9. The SMILES string of the molecule is Cc1cc(C)cc(C(=O)Nc2ccc(CC(=O)N3CCC(O)CC3)cc2)c1. The van der Waals surface area contributed by atoms with Crippen LogP contribution in [-0.4, -0.2) is 41.0 Å². The molecular weight excluding hydrogens is 340 g/mol. The Kier molecular flexibility index (Phi) is 5.91. The van der Waals surface area contributed by atoms with E-state index in [0.717, 1.165) is 16.7 Å². The molecule has 2 amide bonds. The van der Waals surface area contributed by atoms with E-state index in [1.165, 1.54) is 0 Å². The number of nitrogens with one attached hydrogen (secondary N) is 1. The van der Waals surface area contributed by atoms with E-state index in [9.17, 15) is 14.7 Å². The second-order valence-electron chi connectivity index (χ2n) is 7.32. The quantitative estimate of drug-likeness (QED) is 0.874. The highest BCUT2D eigenvalue weighted by Gasteiger charge is 2.21. The van der Waals surface area contributed by atoms with Gasteiger partial charge in [0.05, 0.1) is 12.5 Å². The highest BCUT2D eigenvalue weighted by Crippen LogP contribution is 2.16. The van der Waals surface area contributed by atoms with E-state index in [4.69, 9.17) is 0 Å². The topological polar surface area (TPSA) is 69.6 Å². The van der Waals surface area contributed by atoms with E-state index < -0.39 is 0 Å². The van der Waals surface area contributed by atoms with Crippen molar-refractivity contribution in [3.05, 3.63) is 64.7 Å². The standard InChI is InChI=1S/C22H26N2O3/c1-15-11-16(2)13-18(12-15)22(27)23-19-5-3-17(4-6-19)14-21(26)24-9-7-20(25)8-10-24/h3-6,11-13,20,25H,7-10,14H2,1-2H3,(H,23,27). The minimum absolute atomic E-state index is 0.0777. The summed E-state index contributed by atoms with van der Waals surface area (Å²) in [6, 6.07) is 13.1. The number of amides is 2. The Morgan fingerprint density at radius 3 is 2.22 bits per heavy atom. The Balaban J connectivity index is 1.58. The number of aliphatic hydroxyl groups excluding tert-OH is 1. The molecule has 0 unspecified atom stereocenters. The van der Waals surface area contributed by atoms with Gasteiger partial charge >= 0.3 is 0 Å². The van der Waals surface area contributed by atoms with E-state index >= 15 is 0 Å². The third kappa shape index (κ3) is 5.17. The van der Waals surface area contributed by atoms with Crippen LogP contribution in [0.3, 0.4) is 0 Å². The summed E-state index contributed by atoms with van der Waals surface area (Å²) in [5, 5.41) is 12.4. The molecule has 0 atom stereocenters. The molecule has 1 aliphatic heterocycles. The van der Waals surface area contributed by atoms with Crippen molar-refractivity contribution in [3.63, 3.8) is 0 Å². The van der Waals surface area contributed by atoms with Crippen molar-refractivity contribution < 1.29 is 14.7 Å². The first-order chi connectivity index (χ1) is 12.9. The Morgan fingerprint density at radius 1 is 1.04 bits per heavy atom. The Morgan fingerprint density at radius 2 is 1.63 bits per heavy atom. The second-order valence-corrected chi connectivity index (χ2v) is 7.32. The average Bonchev–Trinajstić information content (AvgIpc) is 2.63. The smallest absolute Gasteiger partial charge is 0.255 e. The molecule has 2 N–H and O–H groups in total. The summed E-state index contributed by atoms with van der Waals surface area (Å²) in [6.45, 7) is 5.17. The number of rotatable bonds is 4. The summed E-state index contributed by atoms with van der Waals surface area (Å²) >= 11 is 0. The Hall–Kier alpha value is -2.66. The number of likely N-dealkylation sites (tertiary alicyclic amines) is 1. The lowest BCUT2D eigenvalue weighted by molar-refractivity contribution is -0.132. The number of aliphatic hydroxyl groups is 1. The van der Waals surface area contributed by atoms with Gasteiger partial charge in [0.1, 0.15) is 0 Å². The van der Waals surface area contributed by atoms with Crippen LogP contribution >= 0.6 is 0 Å². The third-order valence-corrected chi connectivity index (χ3v) is 4.87. The van der Waals surface area contributed by atoms with Gasteiger partial charge in [0.2, 0.25) is 5.91 Å². The molecule has 27 heavy (non-hydrogen) atoms. The second kappa shape index (κ2) is 8.35. The van der Waals surface area contributed by atoms with Crippen LogP contribution < -0.4 is 5.32 Å². The van der Waals surface area contributed by atoms with Gasteiger partial charge in [-0.2, -0.15) is 0 Å². The van der Waals surface area contributed by atoms with Crippen LogP contribution in [0.5, 0.6) is 0 Å². The lowest BCUT2D eigenvalue weighted by Crippen LogP contribution is -2.40. The molecule has 0 aromatic heterocycles. The molecule has 142 valence electrons. The zero-order chi connectivity index (χ0) is 19.4. The van der Waals surface area contributed by atoms with Gasteiger partial charge in [0.15, 0.2) is 0 Å². The summed E-state index contributed by atoms with van der Waals surface area (Å²) in [6.07, 6.45) is 1.35. The van der Waals surface area contributed by atoms with Crippen molar-refractivity contribution in [3.8, 4) is 0 Å². The van der Waals surface area contributed by atoms with Crippen molar-refractivity contribution in [2.24, 2.45) is 0 Å². The fourth-order valence-corrected chi connectivity index (χ4v) is 3.42. The maximum absolute atomic E-state index is 12.4. The summed E-state index contributed by atoms with van der Waals surface area (Å²) in [5.74, 6) is -0.0635. The summed E-state index contributed by atoms with van der Waals surface area (Å²) in [5.41, 5.74) is 4.37. The predicted octanol–water partition coefficient (Wildman–Crippen LogP) is 3.08. The summed E-state index contributed by atoms with van der Waals surface area (Å²) in [7, 11) is 0. The largest absolute Gasteiger partial charge is 0.393 e.